The number of rotatable bonds is 6. The first-order valence-corrected chi connectivity index (χ1v) is 9.99. The fourth-order valence-corrected chi connectivity index (χ4v) is 4.81. The summed E-state index contributed by atoms with van der Waals surface area (Å²) in [6.45, 7) is 17.4. The molecule has 2 unspecified atom stereocenters. The van der Waals surface area contributed by atoms with Gasteiger partial charge >= 0.3 is 0 Å². The van der Waals surface area contributed by atoms with E-state index in [2.05, 4.69) is 44.4 Å². The Morgan fingerprint density at radius 3 is 2.05 bits per heavy atom. The summed E-state index contributed by atoms with van der Waals surface area (Å²) in [7, 11) is 0. The molecule has 130 valence electrons. The van der Waals surface area contributed by atoms with Crippen LogP contribution in [-0.2, 0) is 0 Å². The lowest BCUT2D eigenvalue weighted by atomic mass is 9.80. The molecule has 2 heterocycles. The molecule has 2 aliphatic heterocycles. The van der Waals surface area contributed by atoms with Crippen LogP contribution in [0.1, 0.15) is 73.1 Å². The van der Waals surface area contributed by atoms with E-state index in [0.717, 1.165) is 29.8 Å². The highest BCUT2D eigenvalue weighted by atomic mass is 15.2. The lowest BCUT2D eigenvalue weighted by Crippen LogP contribution is -2.48. The van der Waals surface area contributed by atoms with Crippen molar-refractivity contribution < 1.29 is 0 Å². The van der Waals surface area contributed by atoms with Gasteiger partial charge in [-0.15, -0.1) is 0 Å². The maximum atomic E-state index is 2.82. The second-order valence-corrected chi connectivity index (χ2v) is 8.49. The third kappa shape index (κ3) is 4.96. The van der Waals surface area contributed by atoms with E-state index in [-0.39, 0.29) is 0 Å². The third-order valence-corrected chi connectivity index (χ3v) is 6.41. The van der Waals surface area contributed by atoms with Crippen molar-refractivity contribution in [1.29, 1.82) is 0 Å². The van der Waals surface area contributed by atoms with E-state index >= 15 is 0 Å². The average Bonchev–Trinajstić information content (AvgIpc) is 2.48. The molecule has 0 spiro atoms. The van der Waals surface area contributed by atoms with Gasteiger partial charge in [-0.05, 0) is 96.3 Å². The van der Waals surface area contributed by atoms with E-state index < -0.39 is 0 Å². The van der Waals surface area contributed by atoms with Gasteiger partial charge in [0.25, 0.3) is 0 Å². The van der Waals surface area contributed by atoms with Crippen LogP contribution in [0.15, 0.2) is 0 Å². The van der Waals surface area contributed by atoms with Crippen LogP contribution >= 0.6 is 0 Å². The van der Waals surface area contributed by atoms with Crippen LogP contribution in [0.3, 0.4) is 0 Å². The number of hydrogen-bond acceptors (Lipinski definition) is 2. The van der Waals surface area contributed by atoms with Crippen molar-refractivity contribution in [2.24, 2.45) is 17.8 Å². The molecule has 0 radical (unpaired) electrons. The smallest absolute Gasteiger partial charge is 0.00724 e. The lowest BCUT2D eigenvalue weighted by Gasteiger charge is -2.45. The highest BCUT2D eigenvalue weighted by Crippen LogP contribution is 2.33. The zero-order valence-electron chi connectivity index (χ0n) is 15.9. The van der Waals surface area contributed by atoms with Gasteiger partial charge in [0.2, 0.25) is 0 Å². The van der Waals surface area contributed by atoms with Crippen molar-refractivity contribution in [3.05, 3.63) is 0 Å². The molecule has 0 aromatic rings. The molecule has 2 atom stereocenters. The van der Waals surface area contributed by atoms with Crippen LogP contribution in [-0.4, -0.2) is 48.1 Å². The summed E-state index contributed by atoms with van der Waals surface area (Å²) < 4.78 is 0. The quantitative estimate of drug-likeness (QED) is 0.705. The van der Waals surface area contributed by atoms with Crippen molar-refractivity contribution in [2.45, 2.75) is 85.2 Å². The fraction of sp³-hybridized carbons (Fsp3) is 1.00. The molecule has 2 fully saturated rings. The minimum atomic E-state index is 0.788. The van der Waals surface area contributed by atoms with Gasteiger partial charge in [0.05, 0.1) is 0 Å². The standard InChI is InChI=1S/C20H40N2/c1-6-10-21-11-7-19(8-12-21)9-13-22-17(4)14-20(16(2)3)15-18(22)5/h16-20H,6-15H2,1-5H3. The summed E-state index contributed by atoms with van der Waals surface area (Å²) in [5.41, 5.74) is 0. The van der Waals surface area contributed by atoms with Crippen LogP contribution in [0, 0.1) is 17.8 Å². The Labute approximate surface area is 139 Å². The summed E-state index contributed by atoms with van der Waals surface area (Å²) >= 11 is 0. The zero-order chi connectivity index (χ0) is 16.1. The first kappa shape index (κ1) is 18.3. The van der Waals surface area contributed by atoms with E-state index in [4.69, 9.17) is 0 Å². The average molecular weight is 309 g/mol. The third-order valence-electron chi connectivity index (χ3n) is 6.41. The second kappa shape index (κ2) is 8.68. The Balaban J connectivity index is 1.73. The molecule has 0 N–H and O–H groups in total. The normalized spacial score (nSPS) is 32.7. The Morgan fingerprint density at radius 2 is 1.55 bits per heavy atom. The maximum Gasteiger partial charge on any atom is 0.00724 e. The molecular formula is C20H40N2. The van der Waals surface area contributed by atoms with Crippen LogP contribution < -0.4 is 0 Å². The van der Waals surface area contributed by atoms with E-state index in [0.29, 0.717) is 0 Å². The van der Waals surface area contributed by atoms with Gasteiger partial charge in [-0.25, -0.2) is 0 Å². The topological polar surface area (TPSA) is 6.48 Å². The van der Waals surface area contributed by atoms with Crippen LogP contribution in [0.25, 0.3) is 0 Å². The molecule has 22 heavy (non-hydrogen) atoms. The van der Waals surface area contributed by atoms with Crippen molar-refractivity contribution in [2.75, 3.05) is 26.2 Å². The molecule has 0 aliphatic carbocycles. The van der Waals surface area contributed by atoms with Crippen LogP contribution in [0.4, 0.5) is 0 Å². The van der Waals surface area contributed by atoms with Crippen molar-refractivity contribution in [3.8, 4) is 0 Å². The van der Waals surface area contributed by atoms with Gasteiger partial charge in [0.1, 0.15) is 0 Å². The second-order valence-electron chi connectivity index (χ2n) is 8.49. The highest BCUT2D eigenvalue weighted by molar-refractivity contribution is 4.86. The number of likely N-dealkylation sites (tertiary alicyclic amines) is 2. The number of hydrogen-bond donors (Lipinski definition) is 0. The molecule has 2 heteroatoms. The molecule has 0 bridgehead atoms. The number of piperidine rings is 2. The van der Waals surface area contributed by atoms with Crippen molar-refractivity contribution in [3.63, 3.8) is 0 Å². The van der Waals surface area contributed by atoms with Gasteiger partial charge in [0.15, 0.2) is 0 Å². The lowest BCUT2D eigenvalue weighted by molar-refractivity contribution is 0.0458. The monoisotopic (exact) mass is 308 g/mol. The summed E-state index contributed by atoms with van der Waals surface area (Å²) in [5, 5.41) is 0. The van der Waals surface area contributed by atoms with Gasteiger partial charge < -0.3 is 4.90 Å². The molecule has 0 saturated carbocycles. The first-order valence-electron chi connectivity index (χ1n) is 9.99. The highest BCUT2D eigenvalue weighted by Gasteiger charge is 2.32. The Kier molecular flexibility index (Phi) is 7.21. The SMILES string of the molecule is CCCN1CCC(CCN2C(C)CC(C(C)C)CC2C)CC1. The molecular weight excluding hydrogens is 268 g/mol. The Hall–Kier alpha value is -0.0800. The van der Waals surface area contributed by atoms with E-state index in [9.17, 15) is 0 Å². The van der Waals surface area contributed by atoms with E-state index in [1.165, 1.54) is 64.7 Å². The fourth-order valence-electron chi connectivity index (χ4n) is 4.81. The first-order chi connectivity index (χ1) is 10.5. The molecule has 2 saturated heterocycles. The van der Waals surface area contributed by atoms with Crippen LogP contribution in [0.5, 0.6) is 0 Å². The van der Waals surface area contributed by atoms with Crippen molar-refractivity contribution in [1.82, 2.24) is 9.80 Å². The minimum absolute atomic E-state index is 0.788. The Morgan fingerprint density at radius 1 is 0.955 bits per heavy atom. The summed E-state index contributed by atoms with van der Waals surface area (Å²) in [6.07, 6.45) is 8.44. The molecule has 2 nitrogen and oxygen atoms in total. The molecule has 0 aromatic carbocycles. The summed E-state index contributed by atoms with van der Waals surface area (Å²) in [5.74, 6) is 2.78. The van der Waals surface area contributed by atoms with Crippen LogP contribution in [0.2, 0.25) is 0 Å². The van der Waals surface area contributed by atoms with Crippen molar-refractivity contribution >= 4 is 0 Å². The predicted molar refractivity (Wildman–Crippen MR) is 97.3 cm³/mol. The predicted octanol–water partition coefficient (Wildman–Crippen LogP) is 4.64. The van der Waals surface area contributed by atoms with Gasteiger partial charge in [0, 0.05) is 12.1 Å². The van der Waals surface area contributed by atoms with Gasteiger partial charge in [-0.1, -0.05) is 20.8 Å². The maximum absolute atomic E-state index is 2.82. The minimum Gasteiger partial charge on any atom is -0.303 e. The Bertz CT molecular complexity index is 295. The molecule has 0 amide bonds. The number of nitrogens with zero attached hydrogens (tertiary/aromatic N) is 2. The largest absolute Gasteiger partial charge is 0.303 e. The van der Waals surface area contributed by atoms with Gasteiger partial charge in [-0.3, -0.25) is 4.90 Å². The summed E-state index contributed by atoms with van der Waals surface area (Å²) in [6, 6.07) is 1.58. The van der Waals surface area contributed by atoms with Gasteiger partial charge in [-0.2, -0.15) is 0 Å². The van der Waals surface area contributed by atoms with E-state index in [1.807, 2.05) is 0 Å². The molecule has 2 rings (SSSR count). The molecule has 0 aromatic heterocycles. The molecule has 2 aliphatic rings. The zero-order valence-corrected chi connectivity index (χ0v) is 15.9. The summed E-state index contributed by atoms with van der Waals surface area (Å²) in [4.78, 5) is 5.48. The van der Waals surface area contributed by atoms with E-state index in [1.54, 1.807) is 0 Å².